The molecule has 0 spiro atoms. The molecule has 0 bridgehead atoms. The van der Waals surface area contributed by atoms with Crippen molar-refractivity contribution in [2.24, 2.45) is 11.3 Å². The first kappa shape index (κ1) is 9.52. The predicted octanol–water partition coefficient (Wildman–Crippen LogP) is 1.52. The molecule has 70 valence electrons. The fourth-order valence-corrected chi connectivity index (χ4v) is 1.42. The Morgan fingerprint density at radius 3 is 2.50 bits per heavy atom. The fraction of sp³-hybridized carbons (Fsp3) is 0.889. The Kier molecular flexibility index (Phi) is 2.73. The zero-order valence-corrected chi connectivity index (χ0v) is 7.67. The molecule has 3 heteroatoms. The van der Waals surface area contributed by atoms with E-state index >= 15 is 0 Å². The van der Waals surface area contributed by atoms with Crippen molar-refractivity contribution in [3.63, 3.8) is 0 Å². The Bertz CT molecular complexity index is 175. The van der Waals surface area contributed by atoms with Gasteiger partial charge in [-0.2, -0.15) is 0 Å². The third-order valence-electron chi connectivity index (χ3n) is 2.74. The van der Waals surface area contributed by atoms with Crippen LogP contribution in [0.5, 0.6) is 0 Å². The molecule has 0 aromatic carbocycles. The minimum absolute atomic E-state index is 0.464. The van der Waals surface area contributed by atoms with Gasteiger partial charge in [0.25, 0.3) is 0 Å². The van der Waals surface area contributed by atoms with Gasteiger partial charge in [-0.1, -0.05) is 6.92 Å². The Hall–Kier alpha value is -0.570. The van der Waals surface area contributed by atoms with Gasteiger partial charge in [0.05, 0.1) is 18.6 Å². The summed E-state index contributed by atoms with van der Waals surface area (Å²) >= 11 is 0. The van der Waals surface area contributed by atoms with Crippen molar-refractivity contribution in [2.75, 3.05) is 13.2 Å². The molecule has 0 amide bonds. The van der Waals surface area contributed by atoms with Crippen LogP contribution in [0.1, 0.15) is 26.7 Å². The van der Waals surface area contributed by atoms with Gasteiger partial charge in [0, 0.05) is 5.92 Å². The van der Waals surface area contributed by atoms with E-state index < -0.39 is 11.4 Å². The molecule has 0 aromatic rings. The van der Waals surface area contributed by atoms with Crippen LogP contribution in [-0.4, -0.2) is 24.3 Å². The lowest BCUT2D eigenvalue weighted by molar-refractivity contribution is -0.152. The highest BCUT2D eigenvalue weighted by molar-refractivity contribution is 5.74. The minimum Gasteiger partial charge on any atom is -0.481 e. The standard InChI is InChI=1S/C9H16O3/c1-3-9(2,8(10)11)4-7-5-12-6-7/h7H,3-6H2,1-2H3,(H,10,11). The van der Waals surface area contributed by atoms with E-state index in [1.165, 1.54) is 0 Å². The zero-order valence-electron chi connectivity index (χ0n) is 7.67. The van der Waals surface area contributed by atoms with Gasteiger partial charge in [-0.25, -0.2) is 0 Å². The highest BCUT2D eigenvalue weighted by Gasteiger charge is 2.36. The van der Waals surface area contributed by atoms with E-state index in [9.17, 15) is 4.79 Å². The second-order valence-corrected chi connectivity index (χ2v) is 3.83. The molecule has 1 fully saturated rings. The highest BCUT2D eigenvalue weighted by atomic mass is 16.5. The van der Waals surface area contributed by atoms with Crippen molar-refractivity contribution in [1.82, 2.24) is 0 Å². The maximum Gasteiger partial charge on any atom is 0.309 e. The lowest BCUT2D eigenvalue weighted by atomic mass is 9.78. The molecule has 1 atom stereocenters. The summed E-state index contributed by atoms with van der Waals surface area (Å²) in [6, 6.07) is 0. The molecule has 1 aliphatic heterocycles. The lowest BCUT2D eigenvalue weighted by Gasteiger charge is -2.33. The summed E-state index contributed by atoms with van der Waals surface area (Å²) in [7, 11) is 0. The quantitative estimate of drug-likeness (QED) is 0.699. The Morgan fingerprint density at radius 1 is 1.67 bits per heavy atom. The van der Waals surface area contributed by atoms with E-state index in [1.54, 1.807) is 0 Å². The molecule has 1 heterocycles. The Labute approximate surface area is 72.7 Å². The van der Waals surface area contributed by atoms with E-state index in [0.717, 1.165) is 19.6 Å². The summed E-state index contributed by atoms with van der Waals surface area (Å²) in [4.78, 5) is 10.9. The molecule has 1 N–H and O–H groups in total. The molecule has 0 saturated carbocycles. The molecule has 0 radical (unpaired) electrons. The smallest absolute Gasteiger partial charge is 0.309 e. The number of carbonyl (C=O) groups is 1. The van der Waals surface area contributed by atoms with Gasteiger partial charge >= 0.3 is 5.97 Å². The normalized spacial score (nSPS) is 22.8. The second kappa shape index (κ2) is 3.44. The van der Waals surface area contributed by atoms with Crippen LogP contribution < -0.4 is 0 Å². The predicted molar refractivity (Wildman–Crippen MR) is 45.0 cm³/mol. The summed E-state index contributed by atoms with van der Waals surface area (Å²) < 4.78 is 5.01. The van der Waals surface area contributed by atoms with Crippen LogP contribution in [0.3, 0.4) is 0 Å². The molecule has 12 heavy (non-hydrogen) atoms. The first-order valence-electron chi connectivity index (χ1n) is 4.39. The molecular formula is C9H16O3. The van der Waals surface area contributed by atoms with Crippen LogP contribution >= 0.6 is 0 Å². The maximum atomic E-state index is 10.9. The van der Waals surface area contributed by atoms with E-state index in [1.807, 2.05) is 13.8 Å². The van der Waals surface area contributed by atoms with Gasteiger partial charge in [0.2, 0.25) is 0 Å². The van der Waals surface area contributed by atoms with E-state index in [0.29, 0.717) is 12.3 Å². The third-order valence-corrected chi connectivity index (χ3v) is 2.74. The molecule has 1 aliphatic rings. The zero-order chi connectivity index (χ0) is 9.19. The number of carboxylic acid groups (broad SMARTS) is 1. The average Bonchev–Trinajstić information content (AvgIpc) is 1.96. The van der Waals surface area contributed by atoms with E-state index in [4.69, 9.17) is 9.84 Å². The number of hydrogen-bond acceptors (Lipinski definition) is 2. The number of rotatable bonds is 4. The molecule has 1 rings (SSSR count). The lowest BCUT2D eigenvalue weighted by Crippen LogP contribution is -2.37. The molecule has 3 nitrogen and oxygen atoms in total. The fourth-order valence-electron chi connectivity index (χ4n) is 1.42. The monoisotopic (exact) mass is 172 g/mol. The molecule has 1 unspecified atom stereocenters. The van der Waals surface area contributed by atoms with Gasteiger partial charge < -0.3 is 9.84 Å². The van der Waals surface area contributed by atoms with Crippen molar-refractivity contribution in [1.29, 1.82) is 0 Å². The van der Waals surface area contributed by atoms with Crippen molar-refractivity contribution in [2.45, 2.75) is 26.7 Å². The van der Waals surface area contributed by atoms with Crippen LogP contribution in [0, 0.1) is 11.3 Å². The van der Waals surface area contributed by atoms with Crippen LogP contribution in [0.2, 0.25) is 0 Å². The van der Waals surface area contributed by atoms with E-state index in [2.05, 4.69) is 0 Å². The summed E-state index contributed by atoms with van der Waals surface area (Å²) in [5.41, 5.74) is -0.547. The van der Waals surface area contributed by atoms with Gasteiger partial charge in [0.15, 0.2) is 0 Å². The summed E-state index contributed by atoms with van der Waals surface area (Å²) in [6.07, 6.45) is 1.44. The van der Waals surface area contributed by atoms with Crippen LogP contribution in [-0.2, 0) is 9.53 Å². The van der Waals surface area contributed by atoms with Crippen molar-refractivity contribution in [3.05, 3.63) is 0 Å². The SMILES string of the molecule is CCC(C)(CC1COC1)C(=O)O. The third kappa shape index (κ3) is 1.78. The van der Waals surface area contributed by atoms with Gasteiger partial charge in [-0.05, 0) is 19.8 Å². The number of carboxylic acids is 1. The van der Waals surface area contributed by atoms with Crippen molar-refractivity contribution < 1.29 is 14.6 Å². The minimum atomic E-state index is -0.683. The Balaban J connectivity index is 2.47. The van der Waals surface area contributed by atoms with Crippen molar-refractivity contribution in [3.8, 4) is 0 Å². The first-order valence-corrected chi connectivity index (χ1v) is 4.39. The van der Waals surface area contributed by atoms with Crippen LogP contribution in [0.15, 0.2) is 0 Å². The summed E-state index contributed by atoms with van der Waals surface area (Å²) in [5, 5.41) is 8.96. The van der Waals surface area contributed by atoms with Gasteiger partial charge in [0.1, 0.15) is 0 Å². The molecule has 1 saturated heterocycles. The highest BCUT2D eigenvalue weighted by Crippen LogP contribution is 2.32. The first-order chi connectivity index (χ1) is 5.58. The maximum absolute atomic E-state index is 10.9. The molecule has 0 aliphatic carbocycles. The second-order valence-electron chi connectivity index (χ2n) is 3.83. The van der Waals surface area contributed by atoms with Crippen molar-refractivity contribution >= 4 is 5.97 Å². The summed E-state index contributed by atoms with van der Waals surface area (Å²) in [5.74, 6) is -0.219. The Morgan fingerprint density at radius 2 is 2.25 bits per heavy atom. The molecular weight excluding hydrogens is 156 g/mol. The number of aliphatic carboxylic acids is 1. The van der Waals surface area contributed by atoms with Gasteiger partial charge in [-0.3, -0.25) is 4.79 Å². The largest absolute Gasteiger partial charge is 0.481 e. The van der Waals surface area contributed by atoms with E-state index in [-0.39, 0.29) is 0 Å². The number of hydrogen-bond donors (Lipinski definition) is 1. The number of ether oxygens (including phenoxy) is 1. The topological polar surface area (TPSA) is 46.5 Å². The average molecular weight is 172 g/mol. The molecule has 0 aromatic heterocycles. The van der Waals surface area contributed by atoms with Gasteiger partial charge in [-0.15, -0.1) is 0 Å². The summed E-state index contributed by atoms with van der Waals surface area (Å²) in [6.45, 7) is 5.22. The van der Waals surface area contributed by atoms with Crippen LogP contribution in [0.4, 0.5) is 0 Å². The van der Waals surface area contributed by atoms with Crippen LogP contribution in [0.25, 0.3) is 0 Å².